The van der Waals surface area contributed by atoms with Gasteiger partial charge in [-0.15, -0.1) is 0 Å². The van der Waals surface area contributed by atoms with E-state index in [2.05, 4.69) is 39.7 Å². The number of hydrogen-bond acceptors (Lipinski definition) is 2. The van der Waals surface area contributed by atoms with E-state index in [1.54, 1.807) is 6.07 Å². The van der Waals surface area contributed by atoms with Crippen molar-refractivity contribution in [1.29, 1.82) is 0 Å². The van der Waals surface area contributed by atoms with Gasteiger partial charge in [-0.2, -0.15) is 0 Å². The summed E-state index contributed by atoms with van der Waals surface area (Å²) in [7, 11) is 0. The van der Waals surface area contributed by atoms with Crippen LogP contribution in [0, 0.1) is 10.6 Å². The standard InChI is InChI=1S/C14H19BrFN3S/c1-3-5-18(4-2)6-7-19-13-9-11(16)10(15)8-12(13)17-14(19)20/h8-9H,3-7H2,1-2H3,(H,17,20). The highest BCUT2D eigenvalue weighted by Crippen LogP contribution is 2.23. The van der Waals surface area contributed by atoms with Gasteiger partial charge < -0.3 is 14.5 Å². The van der Waals surface area contributed by atoms with Gasteiger partial charge in [-0.25, -0.2) is 4.39 Å². The lowest BCUT2D eigenvalue weighted by atomic mass is 10.3. The van der Waals surface area contributed by atoms with Crippen LogP contribution in [-0.2, 0) is 6.54 Å². The molecule has 1 heterocycles. The summed E-state index contributed by atoms with van der Waals surface area (Å²) in [4.78, 5) is 5.50. The Morgan fingerprint density at radius 1 is 1.35 bits per heavy atom. The molecule has 0 amide bonds. The van der Waals surface area contributed by atoms with Crippen molar-refractivity contribution in [3.8, 4) is 0 Å². The third kappa shape index (κ3) is 3.30. The number of benzene rings is 1. The monoisotopic (exact) mass is 359 g/mol. The lowest BCUT2D eigenvalue weighted by Gasteiger charge is -2.19. The van der Waals surface area contributed by atoms with Crippen LogP contribution in [0.2, 0.25) is 0 Å². The Morgan fingerprint density at radius 3 is 2.75 bits per heavy atom. The first-order chi connectivity index (χ1) is 9.56. The molecule has 110 valence electrons. The minimum atomic E-state index is -0.263. The Morgan fingerprint density at radius 2 is 2.10 bits per heavy atom. The Hall–Kier alpha value is -0.720. The maximum atomic E-state index is 13.7. The highest BCUT2D eigenvalue weighted by Gasteiger charge is 2.10. The molecule has 2 aromatic rings. The van der Waals surface area contributed by atoms with Crippen molar-refractivity contribution in [1.82, 2.24) is 14.5 Å². The first-order valence-electron chi connectivity index (χ1n) is 6.86. The summed E-state index contributed by atoms with van der Waals surface area (Å²) in [6, 6.07) is 3.27. The maximum absolute atomic E-state index is 13.7. The van der Waals surface area contributed by atoms with E-state index < -0.39 is 0 Å². The lowest BCUT2D eigenvalue weighted by Crippen LogP contribution is -2.28. The number of halogens is 2. The molecule has 0 aliphatic rings. The number of hydrogen-bond donors (Lipinski definition) is 1. The number of nitrogens with zero attached hydrogens (tertiary/aromatic N) is 2. The van der Waals surface area contributed by atoms with Gasteiger partial charge in [-0.1, -0.05) is 13.8 Å². The predicted octanol–water partition coefficient (Wildman–Crippen LogP) is 4.33. The van der Waals surface area contributed by atoms with Crippen molar-refractivity contribution in [2.45, 2.75) is 26.8 Å². The van der Waals surface area contributed by atoms with Gasteiger partial charge in [-0.05, 0) is 53.7 Å². The fraction of sp³-hybridized carbons (Fsp3) is 0.500. The van der Waals surface area contributed by atoms with E-state index in [0.717, 1.165) is 43.6 Å². The largest absolute Gasteiger partial charge is 0.331 e. The molecule has 0 aliphatic heterocycles. The van der Waals surface area contributed by atoms with Crippen LogP contribution in [0.5, 0.6) is 0 Å². The van der Waals surface area contributed by atoms with Crippen LogP contribution in [0.15, 0.2) is 16.6 Å². The van der Waals surface area contributed by atoms with E-state index in [1.165, 1.54) is 6.07 Å². The number of aromatic nitrogens is 2. The molecular weight excluding hydrogens is 341 g/mol. The number of nitrogens with one attached hydrogen (secondary N) is 1. The molecule has 0 atom stereocenters. The second kappa shape index (κ2) is 6.83. The molecule has 0 aliphatic carbocycles. The van der Waals surface area contributed by atoms with Crippen molar-refractivity contribution in [3.63, 3.8) is 0 Å². The molecule has 0 saturated carbocycles. The molecular formula is C14H19BrFN3S. The van der Waals surface area contributed by atoms with Crippen LogP contribution >= 0.6 is 28.1 Å². The van der Waals surface area contributed by atoms with Crippen molar-refractivity contribution in [3.05, 3.63) is 27.2 Å². The molecule has 1 aromatic heterocycles. The van der Waals surface area contributed by atoms with Crippen molar-refractivity contribution < 1.29 is 4.39 Å². The molecule has 0 fully saturated rings. The maximum Gasteiger partial charge on any atom is 0.178 e. The zero-order valence-corrected chi connectivity index (χ0v) is 14.2. The fourth-order valence-electron chi connectivity index (χ4n) is 2.36. The number of imidazole rings is 1. The van der Waals surface area contributed by atoms with E-state index in [1.807, 2.05) is 4.57 Å². The van der Waals surface area contributed by atoms with Crippen LogP contribution in [0.25, 0.3) is 11.0 Å². The van der Waals surface area contributed by atoms with Gasteiger partial charge in [0.05, 0.1) is 15.5 Å². The fourth-order valence-corrected chi connectivity index (χ4v) is 3.00. The number of aromatic amines is 1. The molecule has 0 spiro atoms. The highest BCUT2D eigenvalue weighted by molar-refractivity contribution is 9.10. The Bertz CT molecular complexity index is 650. The average Bonchev–Trinajstić information content (AvgIpc) is 2.70. The van der Waals surface area contributed by atoms with Gasteiger partial charge in [0.15, 0.2) is 4.77 Å². The van der Waals surface area contributed by atoms with Crippen molar-refractivity contribution in [2.24, 2.45) is 0 Å². The average molecular weight is 360 g/mol. The third-order valence-corrected chi connectivity index (χ3v) is 4.37. The van der Waals surface area contributed by atoms with Gasteiger partial charge in [0.2, 0.25) is 0 Å². The molecule has 6 heteroatoms. The zero-order valence-electron chi connectivity index (χ0n) is 11.7. The molecule has 20 heavy (non-hydrogen) atoms. The zero-order chi connectivity index (χ0) is 14.7. The Balaban J connectivity index is 2.27. The highest BCUT2D eigenvalue weighted by atomic mass is 79.9. The summed E-state index contributed by atoms with van der Waals surface area (Å²) >= 11 is 8.54. The number of likely N-dealkylation sites (N-methyl/N-ethyl adjacent to an activating group) is 1. The number of H-pyrrole nitrogens is 1. The summed E-state index contributed by atoms with van der Waals surface area (Å²) in [5, 5.41) is 0. The molecule has 0 radical (unpaired) electrons. The van der Waals surface area contributed by atoms with Crippen molar-refractivity contribution in [2.75, 3.05) is 19.6 Å². The van der Waals surface area contributed by atoms with Crippen molar-refractivity contribution >= 4 is 39.2 Å². The molecule has 3 nitrogen and oxygen atoms in total. The molecule has 0 unspecified atom stereocenters. The van der Waals surface area contributed by atoms with Crippen LogP contribution in [0.4, 0.5) is 4.39 Å². The van der Waals surface area contributed by atoms with E-state index >= 15 is 0 Å². The van der Waals surface area contributed by atoms with Crippen LogP contribution in [0.3, 0.4) is 0 Å². The summed E-state index contributed by atoms with van der Waals surface area (Å²) < 4.78 is 16.8. The van der Waals surface area contributed by atoms with Gasteiger partial charge in [0.25, 0.3) is 0 Å². The van der Waals surface area contributed by atoms with Crippen LogP contribution in [-0.4, -0.2) is 34.1 Å². The SMILES string of the molecule is CCCN(CC)CCn1c(=S)[nH]c2cc(Br)c(F)cc21. The number of rotatable bonds is 6. The van der Waals surface area contributed by atoms with Gasteiger partial charge in [0, 0.05) is 19.2 Å². The van der Waals surface area contributed by atoms with E-state index in [4.69, 9.17) is 12.2 Å². The minimum Gasteiger partial charge on any atom is -0.331 e. The normalized spacial score (nSPS) is 11.7. The molecule has 0 bridgehead atoms. The molecule has 0 saturated heterocycles. The Kier molecular flexibility index (Phi) is 5.35. The summed E-state index contributed by atoms with van der Waals surface area (Å²) in [6.45, 7) is 8.11. The summed E-state index contributed by atoms with van der Waals surface area (Å²) in [5.74, 6) is -0.263. The molecule has 2 rings (SSSR count). The Labute approximate surface area is 131 Å². The van der Waals surface area contributed by atoms with Crippen LogP contribution < -0.4 is 0 Å². The first kappa shape index (κ1) is 15.7. The first-order valence-corrected chi connectivity index (χ1v) is 8.06. The van der Waals surface area contributed by atoms with Gasteiger partial charge >= 0.3 is 0 Å². The van der Waals surface area contributed by atoms with E-state index in [9.17, 15) is 4.39 Å². The van der Waals surface area contributed by atoms with Crippen LogP contribution in [0.1, 0.15) is 20.3 Å². The van der Waals surface area contributed by atoms with Gasteiger partial charge in [0.1, 0.15) is 5.82 Å². The second-order valence-electron chi connectivity index (χ2n) is 4.80. The quantitative estimate of drug-likeness (QED) is 0.776. The molecule has 1 aromatic carbocycles. The van der Waals surface area contributed by atoms with E-state index in [-0.39, 0.29) is 5.82 Å². The van der Waals surface area contributed by atoms with Gasteiger partial charge in [-0.3, -0.25) is 0 Å². The summed E-state index contributed by atoms with van der Waals surface area (Å²) in [5.41, 5.74) is 1.69. The third-order valence-electron chi connectivity index (χ3n) is 3.44. The topological polar surface area (TPSA) is 24.0 Å². The molecule has 1 N–H and O–H groups in total. The number of fused-ring (bicyclic) bond motifs is 1. The minimum absolute atomic E-state index is 0.263. The van der Waals surface area contributed by atoms with E-state index in [0.29, 0.717) is 9.24 Å². The predicted molar refractivity (Wildman–Crippen MR) is 87.2 cm³/mol. The smallest absolute Gasteiger partial charge is 0.178 e. The lowest BCUT2D eigenvalue weighted by molar-refractivity contribution is 0.277. The summed E-state index contributed by atoms with van der Waals surface area (Å²) in [6.07, 6.45) is 1.13. The second-order valence-corrected chi connectivity index (χ2v) is 6.04.